The summed E-state index contributed by atoms with van der Waals surface area (Å²) >= 11 is 6.18. The van der Waals surface area contributed by atoms with Crippen molar-refractivity contribution in [2.45, 2.75) is 82.1 Å². The van der Waals surface area contributed by atoms with E-state index in [9.17, 15) is 14.7 Å². The third kappa shape index (κ3) is 5.21. The largest absolute Gasteiger partial charge is 0.478 e. The van der Waals surface area contributed by atoms with Crippen molar-refractivity contribution in [2.75, 3.05) is 5.32 Å². The zero-order chi connectivity index (χ0) is 27.9. The average Bonchev–Trinajstić information content (AvgIpc) is 3.65. The van der Waals surface area contributed by atoms with Crippen molar-refractivity contribution in [1.82, 2.24) is 9.78 Å². The van der Waals surface area contributed by atoms with Crippen molar-refractivity contribution in [3.8, 4) is 11.4 Å². The Labute approximate surface area is 237 Å². The van der Waals surface area contributed by atoms with E-state index < -0.39 is 23.3 Å². The summed E-state index contributed by atoms with van der Waals surface area (Å²) in [6.07, 6.45) is 9.70. The molecule has 0 spiro atoms. The lowest BCUT2D eigenvalue weighted by Gasteiger charge is -2.31. The second-order valence-electron chi connectivity index (χ2n) is 11.3. The number of carboxylic acid groups (broad SMARTS) is 1. The molecule has 40 heavy (non-hydrogen) atoms. The number of amides is 1. The van der Waals surface area contributed by atoms with Gasteiger partial charge in [0.2, 0.25) is 11.5 Å². The van der Waals surface area contributed by atoms with Crippen LogP contribution in [0.1, 0.15) is 80.7 Å². The Kier molecular flexibility index (Phi) is 7.29. The van der Waals surface area contributed by atoms with Crippen LogP contribution in [0.15, 0.2) is 42.5 Å². The Morgan fingerprint density at radius 2 is 1.77 bits per heavy atom. The van der Waals surface area contributed by atoms with E-state index in [0.717, 1.165) is 86.5 Å². The maximum Gasteiger partial charge on any atom is 0.348 e. The van der Waals surface area contributed by atoms with E-state index in [4.69, 9.17) is 21.4 Å². The molecule has 1 amide bonds. The highest BCUT2D eigenvalue weighted by molar-refractivity contribution is 6.30. The van der Waals surface area contributed by atoms with E-state index >= 15 is 4.39 Å². The molecule has 6 rings (SSSR count). The number of hydrogen-bond acceptors (Lipinski definition) is 4. The topological polar surface area (TPSA) is 93.4 Å². The highest BCUT2D eigenvalue weighted by Crippen LogP contribution is 2.43. The van der Waals surface area contributed by atoms with Gasteiger partial charge in [-0.2, -0.15) is 5.10 Å². The summed E-state index contributed by atoms with van der Waals surface area (Å²) in [5, 5.41) is 17.9. The molecule has 0 radical (unpaired) electrons. The number of benzene rings is 2. The maximum atomic E-state index is 15.2. The van der Waals surface area contributed by atoms with Gasteiger partial charge in [0.1, 0.15) is 11.6 Å². The van der Waals surface area contributed by atoms with Crippen LogP contribution in [-0.2, 0) is 22.4 Å². The minimum absolute atomic E-state index is 0.0461. The van der Waals surface area contributed by atoms with Crippen LogP contribution in [0, 0.1) is 11.7 Å². The van der Waals surface area contributed by atoms with Crippen molar-refractivity contribution in [3.05, 3.63) is 70.3 Å². The SMILES string of the molecule is O=C(Nc1ccc(OC2(C(=O)O)CC2)cc1F)C(c1c2c(nn1-c1ccc(Cl)cc1)CCCC2)C1CCCCC1. The molecule has 2 fully saturated rings. The minimum atomic E-state index is -1.28. The molecule has 3 aliphatic rings. The van der Waals surface area contributed by atoms with Crippen LogP contribution in [0.3, 0.4) is 0 Å². The smallest absolute Gasteiger partial charge is 0.348 e. The molecular formula is C31H33ClFN3O4. The number of aliphatic carboxylic acids is 1. The molecule has 3 aromatic rings. The number of hydrogen-bond donors (Lipinski definition) is 2. The van der Waals surface area contributed by atoms with Gasteiger partial charge in [-0.05, 0) is 86.4 Å². The number of anilines is 1. The number of carbonyl (C=O) groups excluding carboxylic acids is 1. The van der Waals surface area contributed by atoms with Crippen LogP contribution in [0.2, 0.25) is 5.02 Å². The van der Waals surface area contributed by atoms with Gasteiger partial charge >= 0.3 is 5.97 Å². The van der Waals surface area contributed by atoms with Crippen LogP contribution in [0.4, 0.5) is 10.1 Å². The van der Waals surface area contributed by atoms with Gasteiger partial charge in [-0.25, -0.2) is 13.9 Å². The Morgan fingerprint density at radius 3 is 2.45 bits per heavy atom. The summed E-state index contributed by atoms with van der Waals surface area (Å²) in [7, 11) is 0. The molecule has 210 valence electrons. The van der Waals surface area contributed by atoms with E-state index in [0.29, 0.717) is 17.9 Å². The predicted octanol–water partition coefficient (Wildman–Crippen LogP) is 6.84. The number of carbonyl (C=O) groups is 2. The molecule has 0 aliphatic heterocycles. The van der Waals surface area contributed by atoms with Crippen LogP contribution in [0.25, 0.3) is 5.69 Å². The van der Waals surface area contributed by atoms with Crippen molar-refractivity contribution >= 4 is 29.2 Å². The fourth-order valence-electron chi connectivity index (χ4n) is 6.28. The highest BCUT2D eigenvalue weighted by atomic mass is 35.5. The van der Waals surface area contributed by atoms with Gasteiger partial charge in [0, 0.05) is 23.9 Å². The summed E-state index contributed by atoms with van der Waals surface area (Å²) in [6, 6.07) is 11.6. The second kappa shape index (κ2) is 10.9. The summed E-state index contributed by atoms with van der Waals surface area (Å²) in [5.74, 6) is -2.23. The monoisotopic (exact) mass is 565 g/mol. The molecule has 3 aliphatic carbocycles. The van der Waals surface area contributed by atoms with Crippen molar-refractivity contribution in [1.29, 1.82) is 0 Å². The Hall–Kier alpha value is -3.39. The summed E-state index contributed by atoms with van der Waals surface area (Å²) in [4.78, 5) is 25.6. The molecule has 1 aromatic heterocycles. The first-order valence-corrected chi connectivity index (χ1v) is 14.6. The number of aryl methyl sites for hydroxylation is 1. The zero-order valence-corrected chi connectivity index (χ0v) is 23.1. The normalized spacial score (nSPS) is 18.9. The van der Waals surface area contributed by atoms with Crippen LogP contribution in [-0.4, -0.2) is 32.4 Å². The van der Waals surface area contributed by atoms with Gasteiger partial charge in [0.05, 0.1) is 28.7 Å². The minimum Gasteiger partial charge on any atom is -0.478 e. The Bertz CT molecular complexity index is 1430. The molecular weight excluding hydrogens is 533 g/mol. The highest BCUT2D eigenvalue weighted by Gasteiger charge is 2.53. The molecule has 7 nitrogen and oxygen atoms in total. The van der Waals surface area contributed by atoms with Crippen LogP contribution >= 0.6 is 11.6 Å². The maximum absolute atomic E-state index is 15.2. The number of ether oxygens (including phenoxy) is 1. The first-order valence-electron chi connectivity index (χ1n) is 14.2. The number of fused-ring (bicyclic) bond motifs is 1. The van der Waals surface area contributed by atoms with E-state index in [1.807, 2.05) is 28.9 Å². The molecule has 0 saturated heterocycles. The molecule has 9 heteroatoms. The lowest BCUT2D eigenvalue weighted by atomic mass is 9.76. The van der Waals surface area contributed by atoms with Gasteiger partial charge in [-0.15, -0.1) is 0 Å². The first kappa shape index (κ1) is 26.8. The zero-order valence-electron chi connectivity index (χ0n) is 22.3. The van der Waals surface area contributed by atoms with Gasteiger partial charge in [-0.1, -0.05) is 30.9 Å². The van der Waals surface area contributed by atoms with Gasteiger partial charge in [0.25, 0.3) is 0 Å². The molecule has 1 atom stereocenters. The van der Waals surface area contributed by atoms with Crippen LogP contribution in [0.5, 0.6) is 5.75 Å². The average molecular weight is 566 g/mol. The summed E-state index contributed by atoms with van der Waals surface area (Å²) in [5.41, 5.74) is 2.69. The summed E-state index contributed by atoms with van der Waals surface area (Å²) in [6.45, 7) is 0. The molecule has 2 aromatic carbocycles. The Balaban J connectivity index is 1.35. The van der Waals surface area contributed by atoms with Gasteiger partial charge < -0.3 is 15.2 Å². The van der Waals surface area contributed by atoms with E-state index in [-0.39, 0.29) is 23.3 Å². The fourth-order valence-corrected chi connectivity index (χ4v) is 6.40. The van der Waals surface area contributed by atoms with Crippen molar-refractivity contribution in [3.63, 3.8) is 0 Å². The lowest BCUT2D eigenvalue weighted by molar-refractivity contribution is -0.147. The van der Waals surface area contributed by atoms with E-state index in [2.05, 4.69) is 5.32 Å². The molecule has 0 bridgehead atoms. The number of nitrogens with one attached hydrogen (secondary N) is 1. The number of halogens is 2. The fraction of sp³-hybridized carbons (Fsp3) is 0.452. The number of aromatic nitrogens is 2. The molecule has 2 saturated carbocycles. The molecule has 2 N–H and O–H groups in total. The first-order chi connectivity index (χ1) is 19.3. The quantitative estimate of drug-likeness (QED) is 0.312. The Morgan fingerprint density at radius 1 is 1.05 bits per heavy atom. The standard InChI is InChI=1S/C31H33ClFN3O4/c32-20-10-12-21(13-11-20)36-28(23-8-4-5-9-25(23)35-36)27(19-6-2-1-3-7-19)29(37)34-26-15-14-22(18-24(26)33)40-31(16-17-31)30(38)39/h10-15,18-19,27H,1-9,16-17H2,(H,34,37)(H,38,39). The second-order valence-corrected chi connectivity index (χ2v) is 11.8. The number of rotatable bonds is 8. The lowest BCUT2D eigenvalue weighted by Crippen LogP contribution is -2.32. The number of nitrogens with zero attached hydrogens (tertiary/aromatic N) is 2. The third-order valence-electron chi connectivity index (χ3n) is 8.57. The molecule has 1 unspecified atom stereocenters. The van der Waals surface area contributed by atoms with E-state index in [1.165, 1.54) is 12.1 Å². The number of carboxylic acids is 1. The molecule has 1 heterocycles. The van der Waals surface area contributed by atoms with Gasteiger partial charge in [-0.3, -0.25) is 4.79 Å². The van der Waals surface area contributed by atoms with Crippen molar-refractivity contribution < 1.29 is 23.8 Å². The van der Waals surface area contributed by atoms with Crippen molar-refractivity contribution in [2.24, 2.45) is 5.92 Å². The van der Waals surface area contributed by atoms with Gasteiger partial charge in [0.15, 0.2) is 0 Å². The third-order valence-corrected chi connectivity index (χ3v) is 8.82. The van der Waals surface area contributed by atoms with E-state index in [1.54, 1.807) is 0 Å². The predicted molar refractivity (Wildman–Crippen MR) is 150 cm³/mol. The van der Waals surface area contributed by atoms with Crippen LogP contribution < -0.4 is 10.1 Å². The summed E-state index contributed by atoms with van der Waals surface area (Å²) < 4.78 is 22.7.